The molecular formula is C17H16ClN3OS. The van der Waals surface area contributed by atoms with Gasteiger partial charge in [0.25, 0.3) is 0 Å². The summed E-state index contributed by atoms with van der Waals surface area (Å²) in [6.07, 6.45) is 3.72. The third kappa shape index (κ3) is 3.10. The molecule has 0 radical (unpaired) electrons. The molecule has 0 aliphatic carbocycles. The summed E-state index contributed by atoms with van der Waals surface area (Å²) in [6.45, 7) is 3.34. The smallest absolute Gasteiger partial charge is 0.123 e. The van der Waals surface area contributed by atoms with Crippen molar-refractivity contribution in [3.05, 3.63) is 57.6 Å². The average molecular weight is 346 g/mol. The molecule has 2 aromatic heterocycles. The van der Waals surface area contributed by atoms with Crippen LogP contribution < -0.4 is 0 Å². The van der Waals surface area contributed by atoms with Crippen LogP contribution in [0.2, 0.25) is 5.02 Å². The zero-order valence-electron chi connectivity index (χ0n) is 12.5. The zero-order chi connectivity index (χ0) is 15.6. The number of aromatic nitrogens is 2. The van der Waals surface area contributed by atoms with Crippen molar-refractivity contribution in [1.29, 1.82) is 0 Å². The highest BCUT2D eigenvalue weighted by molar-refractivity contribution is 7.09. The van der Waals surface area contributed by atoms with Gasteiger partial charge in [0.05, 0.1) is 12.1 Å². The molecule has 0 spiro atoms. The number of fused-ring (bicyclic) bond motifs is 1. The first-order valence-electron chi connectivity index (χ1n) is 7.57. The number of benzene rings is 1. The molecule has 0 bridgehead atoms. The summed E-state index contributed by atoms with van der Waals surface area (Å²) in [5.41, 5.74) is 2.18. The number of halogens is 1. The van der Waals surface area contributed by atoms with Gasteiger partial charge < -0.3 is 4.74 Å². The Balaban J connectivity index is 1.57. The van der Waals surface area contributed by atoms with E-state index in [9.17, 15) is 0 Å². The van der Waals surface area contributed by atoms with Gasteiger partial charge in [-0.1, -0.05) is 17.7 Å². The molecule has 4 rings (SSSR count). The fourth-order valence-electron chi connectivity index (χ4n) is 2.95. The third-order valence-electron chi connectivity index (χ3n) is 4.07. The largest absolute Gasteiger partial charge is 0.368 e. The number of nitrogens with zero attached hydrogens (tertiary/aromatic N) is 3. The summed E-state index contributed by atoms with van der Waals surface area (Å²) < 4.78 is 5.87. The highest BCUT2D eigenvalue weighted by Gasteiger charge is 2.24. The van der Waals surface area contributed by atoms with Crippen LogP contribution in [0.4, 0.5) is 0 Å². The van der Waals surface area contributed by atoms with Gasteiger partial charge in [0, 0.05) is 47.8 Å². The minimum absolute atomic E-state index is 0.0651. The Morgan fingerprint density at radius 2 is 2.22 bits per heavy atom. The van der Waals surface area contributed by atoms with Crippen LogP contribution in [0.5, 0.6) is 0 Å². The summed E-state index contributed by atoms with van der Waals surface area (Å²) in [7, 11) is 0. The molecule has 23 heavy (non-hydrogen) atoms. The van der Waals surface area contributed by atoms with Gasteiger partial charge in [-0.25, -0.2) is 4.98 Å². The predicted octanol–water partition coefficient (Wildman–Crippen LogP) is 3.92. The van der Waals surface area contributed by atoms with Crippen molar-refractivity contribution in [1.82, 2.24) is 14.9 Å². The number of ether oxygens (including phenoxy) is 1. The number of rotatable bonds is 3. The van der Waals surface area contributed by atoms with E-state index in [0.717, 1.165) is 47.2 Å². The molecule has 0 saturated carbocycles. The SMILES string of the molecule is Clc1ccc(CN2CCO[C@H](c3nccs3)C2)c2ncccc12. The second-order valence-electron chi connectivity index (χ2n) is 5.57. The number of thiazole rings is 1. The monoisotopic (exact) mass is 345 g/mol. The standard InChI is InChI=1S/C17H16ClN3OS/c18-14-4-3-12(16-13(14)2-1-5-19-16)10-21-7-8-22-15(11-21)17-20-6-9-23-17/h1-6,9,15H,7-8,10-11H2/t15-/m0/s1. The third-order valence-corrected chi connectivity index (χ3v) is 5.27. The Kier molecular flexibility index (Phi) is 4.27. The molecule has 0 unspecified atom stereocenters. The van der Waals surface area contributed by atoms with E-state index < -0.39 is 0 Å². The number of hydrogen-bond donors (Lipinski definition) is 0. The topological polar surface area (TPSA) is 38.2 Å². The van der Waals surface area contributed by atoms with Crippen LogP contribution in [0, 0.1) is 0 Å². The van der Waals surface area contributed by atoms with Crippen molar-refractivity contribution in [2.45, 2.75) is 12.6 Å². The first-order valence-corrected chi connectivity index (χ1v) is 8.82. The first-order chi connectivity index (χ1) is 11.3. The molecule has 1 fully saturated rings. The van der Waals surface area contributed by atoms with Crippen molar-refractivity contribution < 1.29 is 4.74 Å². The Bertz CT molecular complexity index is 809. The zero-order valence-corrected chi connectivity index (χ0v) is 14.1. The van der Waals surface area contributed by atoms with Gasteiger partial charge in [-0.05, 0) is 23.8 Å². The maximum Gasteiger partial charge on any atom is 0.123 e. The van der Waals surface area contributed by atoms with Crippen LogP contribution in [0.15, 0.2) is 42.0 Å². The number of morpholine rings is 1. The van der Waals surface area contributed by atoms with Crippen molar-refractivity contribution in [2.24, 2.45) is 0 Å². The molecule has 1 saturated heterocycles. The Hall–Kier alpha value is -1.53. The maximum atomic E-state index is 6.28. The van der Waals surface area contributed by atoms with Gasteiger partial charge in [0.2, 0.25) is 0 Å². The van der Waals surface area contributed by atoms with Crippen molar-refractivity contribution in [2.75, 3.05) is 19.7 Å². The highest BCUT2D eigenvalue weighted by Crippen LogP contribution is 2.28. The normalized spacial score (nSPS) is 19.3. The van der Waals surface area contributed by atoms with E-state index in [1.54, 1.807) is 11.3 Å². The summed E-state index contributed by atoms with van der Waals surface area (Å²) in [5.74, 6) is 0. The van der Waals surface area contributed by atoms with Crippen LogP contribution in [0.1, 0.15) is 16.7 Å². The molecule has 0 N–H and O–H groups in total. The molecule has 1 aliphatic rings. The van der Waals surface area contributed by atoms with Gasteiger partial charge in [-0.15, -0.1) is 11.3 Å². The van der Waals surface area contributed by atoms with E-state index in [4.69, 9.17) is 16.3 Å². The quantitative estimate of drug-likeness (QED) is 0.721. The molecule has 6 heteroatoms. The number of hydrogen-bond acceptors (Lipinski definition) is 5. The van der Waals surface area contributed by atoms with Crippen LogP contribution in [0.3, 0.4) is 0 Å². The molecule has 1 aliphatic heterocycles. The van der Waals surface area contributed by atoms with Crippen molar-refractivity contribution in [3.8, 4) is 0 Å². The van der Waals surface area contributed by atoms with Gasteiger partial charge >= 0.3 is 0 Å². The lowest BCUT2D eigenvalue weighted by Crippen LogP contribution is -2.37. The number of pyridine rings is 1. The fourth-order valence-corrected chi connectivity index (χ4v) is 3.85. The van der Waals surface area contributed by atoms with E-state index in [1.807, 2.05) is 36.0 Å². The van der Waals surface area contributed by atoms with Crippen molar-refractivity contribution >= 4 is 33.8 Å². The predicted molar refractivity (Wildman–Crippen MR) is 92.8 cm³/mol. The van der Waals surface area contributed by atoms with Gasteiger partial charge in [0.15, 0.2) is 0 Å². The summed E-state index contributed by atoms with van der Waals surface area (Å²) in [6, 6.07) is 7.97. The Morgan fingerprint density at radius 3 is 3.09 bits per heavy atom. The average Bonchev–Trinajstić information content (AvgIpc) is 3.13. The van der Waals surface area contributed by atoms with E-state index in [1.165, 1.54) is 5.56 Å². The van der Waals surface area contributed by atoms with E-state index >= 15 is 0 Å². The minimum Gasteiger partial charge on any atom is -0.368 e. The van der Waals surface area contributed by atoms with E-state index in [-0.39, 0.29) is 6.10 Å². The van der Waals surface area contributed by atoms with Crippen LogP contribution in [-0.4, -0.2) is 34.6 Å². The lowest BCUT2D eigenvalue weighted by molar-refractivity contribution is -0.0328. The van der Waals surface area contributed by atoms with Crippen molar-refractivity contribution in [3.63, 3.8) is 0 Å². The van der Waals surface area contributed by atoms with Crippen LogP contribution >= 0.6 is 22.9 Å². The van der Waals surface area contributed by atoms with Gasteiger partial charge in [-0.3, -0.25) is 9.88 Å². The molecule has 4 nitrogen and oxygen atoms in total. The lowest BCUT2D eigenvalue weighted by Gasteiger charge is -2.32. The summed E-state index contributed by atoms with van der Waals surface area (Å²) >= 11 is 7.93. The Morgan fingerprint density at radius 1 is 1.26 bits per heavy atom. The van der Waals surface area contributed by atoms with Crippen LogP contribution in [0.25, 0.3) is 10.9 Å². The molecule has 118 valence electrons. The lowest BCUT2D eigenvalue weighted by atomic mass is 10.1. The highest BCUT2D eigenvalue weighted by atomic mass is 35.5. The summed E-state index contributed by atoms with van der Waals surface area (Å²) in [5, 5.41) is 4.80. The second kappa shape index (κ2) is 6.53. The first kappa shape index (κ1) is 15.0. The summed E-state index contributed by atoms with van der Waals surface area (Å²) in [4.78, 5) is 11.3. The van der Waals surface area contributed by atoms with E-state index in [2.05, 4.69) is 20.9 Å². The second-order valence-corrected chi connectivity index (χ2v) is 6.90. The fraction of sp³-hybridized carbons (Fsp3) is 0.294. The molecule has 3 aromatic rings. The Labute approximate surface area is 143 Å². The molecule has 3 heterocycles. The van der Waals surface area contributed by atoms with Gasteiger partial charge in [-0.2, -0.15) is 0 Å². The molecular weight excluding hydrogens is 330 g/mol. The van der Waals surface area contributed by atoms with E-state index in [0.29, 0.717) is 0 Å². The molecule has 1 atom stereocenters. The van der Waals surface area contributed by atoms with Crippen LogP contribution in [-0.2, 0) is 11.3 Å². The minimum atomic E-state index is 0.0651. The molecule has 0 amide bonds. The maximum absolute atomic E-state index is 6.28. The van der Waals surface area contributed by atoms with Gasteiger partial charge in [0.1, 0.15) is 11.1 Å². The molecule has 1 aromatic carbocycles.